The minimum atomic E-state index is -0.0226. The molecule has 0 bridgehead atoms. The van der Waals surface area contributed by atoms with Crippen LogP contribution < -0.4 is 5.73 Å². The summed E-state index contributed by atoms with van der Waals surface area (Å²) in [5, 5.41) is 4.62. The highest BCUT2D eigenvalue weighted by atomic mass is 79.9. The van der Waals surface area contributed by atoms with Crippen molar-refractivity contribution < 1.29 is 0 Å². The Bertz CT molecular complexity index is 587. The summed E-state index contributed by atoms with van der Waals surface area (Å²) in [7, 11) is 0. The lowest BCUT2D eigenvalue weighted by molar-refractivity contribution is 0.587. The molecule has 1 unspecified atom stereocenters. The van der Waals surface area contributed by atoms with Crippen LogP contribution in [0.25, 0.3) is 0 Å². The molecule has 0 spiro atoms. The van der Waals surface area contributed by atoms with Gasteiger partial charge in [0.1, 0.15) is 0 Å². The van der Waals surface area contributed by atoms with E-state index in [0.29, 0.717) is 0 Å². The van der Waals surface area contributed by atoms with E-state index in [1.165, 1.54) is 5.69 Å². The summed E-state index contributed by atoms with van der Waals surface area (Å²) in [6.07, 6.45) is 1.70. The van der Waals surface area contributed by atoms with E-state index >= 15 is 0 Å². The standard InChI is InChI=1S/C13H16Br3N3S/c1-3-9-12(15)10(19(4-2)18-9)6-8(17)11-5-7(14)13(16)20-11/h5,8H,3-4,6,17H2,1-2H3. The molecule has 0 radical (unpaired) electrons. The summed E-state index contributed by atoms with van der Waals surface area (Å²) >= 11 is 12.4. The van der Waals surface area contributed by atoms with Crippen LogP contribution in [0.2, 0.25) is 0 Å². The fraction of sp³-hybridized carbons (Fsp3) is 0.462. The van der Waals surface area contributed by atoms with Gasteiger partial charge in [0.2, 0.25) is 0 Å². The smallest absolute Gasteiger partial charge is 0.0843 e. The van der Waals surface area contributed by atoms with Gasteiger partial charge in [-0.2, -0.15) is 5.10 Å². The van der Waals surface area contributed by atoms with Gasteiger partial charge in [-0.3, -0.25) is 4.68 Å². The van der Waals surface area contributed by atoms with Gasteiger partial charge >= 0.3 is 0 Å². The van der Waals surface area contributed by atoms with Gasteiger partial charge in [0.25, 0.3) is 0 Å². The van der Waals surface area contributed by atoms with Crippen molar-refractivity contribution in [2.45, 2.75) is 39.3 Å². The summed E-state index contributed by atoms with van der Waals surface area (Å²) in [5.74, 6) is 0. The maximum absolute atomic E-state index is 6.36. The molecule has 0 saturated heterocycles. The SMILES string of the molecule is CCc1nn(CC)c(CC(N)c2cc(Br)c(Br)s2)c1Br. The average Bonchev–Trinajstić information content (AvgIpc) is 2.92. The summed E-state index contributed by atoms with van der Waals surface area (Å²) in [4.78, 5) is 1.16. The summed E-state index contributed by atoms with van der Waals surface area (Å²) < 4.78 is 5.29. The molecule has 2 aromatic heterocycles. The minimum Gasteiger partial charge on any atom is -0.323 e. The minimum absolute atomic E-state index is 0.0226. The number of halogens is 3. The normalized spacial score (nSPS) is 12.9. The van der Waals surface area contributed by atoms with Crippen molar-refractivity contribution in [1.29, 1.82) is 0 Å². The fourth-order valence-electron chi connectivity index (χ4n) is 2.07. The Labute approximate surface area is 148 Å². The van der Waals surface area contributed by atoms with Crippen molar-refractivity contribution in [3.05, 3.63) is 35.1 Å². The van der Waals surface area contributed by atoms with E-state index in [2.05, 4.69) is 72.8 Å². The molecule has 0 saturated carbocycles. The van der Waals surface area contributed by atoms with Crippen molar-refractivity contribution in [3.63, 3.8) is 0 Å². The van der Waals surface area contributed by atoms with Crippen LogP contribution in [0.15, 0.2) is 18.8 Å². The van der Waals surface area contributed by atoms with E-state index in [9.17, 15) is 0 Å². The van der Waals surface area contributed by atoms with Crippen molar-refractivity contribution in [2.75, 3.05) is 0 Å². The first kappa shape index (κ1) is 16.7. The monoisotopic (exact) mass is 483 g/mol. The van der Waals surface area contributed by atoms with Crippen molar-refractivity contribution in [3.8, 4) is 0 Å². The summed E-state index contributed by atoms with van der Waals surface area (Å²) in [6.45, 7) is 5.08. The van der Waals surface area contributed by atoms with E-state index in [1.54, 1.807) is 11.3 Å². The molecular formula is C13H16Br3N3S. The first-order chi connectivity index (χ1) is 9.47. The lowest BCUT2D eigenvalue weighted by Gasteiger charge is -2.11. The van der Waals surface area contributed by atoms with Gasteiger partial charge in [0, 0.05) is 28.4 Å². The van der Waals surface area contributed by atoms with Crippen LogP contribution in [0, 0.1) is 0 Å². The molecule has 0 aromatic carbocycles. The number of aryl methyl sites for hydroxylation is 2. The van der Waals surface area contributed by atoms with Crippen LogP contribution in [-0.4, -0.2) is 9.78 Å². The first-order valence-corrected chi connectivity index (χ1v) is 9.61. The van der Waals surface area contributed by atoms with Crippen LogP contribution in [0.3, 0.4) is 0 Å². The van der Waals surface area contributed by atoms with Crippen LogP contribution in [0.4, 0.5) is 0 Å². The second-order valence-corrected chi connectivity index (χ2v) is 8.51. The maximum atomic E-state index is 6.36. The lowest BCUT2D eigenvalue weighted by atomic mass is 10.1. The number of rotatable bonds is 5. The van der Waals surface area contributed by atoms with Crippen molar-refractivity contribution in [2.24, 2.45) is 5.73 Å². The molecule has 1 atom stereocenters. The van der Waals surface area contributed by atoms with Crippen LogP contribution in [0.1, 0.15) is 36.2 Å². The number of aromatic nitrogens is 2. The predicted molar refractivity (Wildman–Crippen MR) is 95.3 cm³/mol. The molecule has 2 rings (SSSR count). The topological polar surface area (TPSA) is 43.8 Å². The maximum Gasteiger partial charge on any atom is 0.0843 e. The molecule has 0 amide bonds. The first-order valence-electron chi connectivity index (χ1n) is 6.42. The quantitative estimate of drug-likeness (QED) is 0.643. The number of hydrogen-bond acceptors (Lipinski definition) is 3. The van der Waals surface area contributed by atoms with Gasteiger partial charge in [-0.25, -0.2) is 0 Å². The molecule has 0 aliphatic rings. The highest BCUT2D eigenvalue weighted by Crippen LogP contribution is 2.36. The Morgan fingerprint density at radius 2 is 2.05 bits per heavy atom. The van der Waals surface area contributed by atoms with E-state index in [1.807, 2.05) is 4.68 Å². The molecule has 3 nitrogen and oxygen atoms in total. The van der Waals surface area contributed by atoms with E-state index in [-0.39, 0.29) is 6.04 Å². The van der Waals surface area contributed by atoms with Gasteiger partial charge in [-0.15, -0.1) is 11.3 Å². The van der Waals surface area contributed by atoms with Crippen LogP contribution >= 0.6 is 59.1 Å². The number of nitrogens with zero attached hydrogens (tertiary/aromatic N) is 2. The molecule has 2 aromatic rings. The molecule has 2 N–H and O–H groups in total. The zero-order valence-electron chi connectivity index (χ0n) is 11.3. The Hall–Kier alpha value is 0.310. The predicted octanol–water partition coefficient (Wildman–Crippen LogP) is 5.06. The van der Waals surface area contributed by atoms with Gasteiger partial charge in [-0.1, -0.05) is 6.92 Å². The largest absolute Gasteiger partial charge is 0.323 e. The van der Waals surface area contributed by atoms with E-state index in [0.717, 1.165) is 42.7 Å². The Morgan fingerprint density at radius 3 is 2.55 bits per heavy atom. The third kappa shape index (κ3) is 3.38. The summed E-state index contributed by atoms with van der Waals surface area (Å²) in [6, 6.07) is 2.06. The second kappa shape index (κ2) is 7.05. The molecule has 2 heterocycles. The van der Waals surface area contributed by atoms with Crippen molar-refractivity contribution >= 4 is 59.1 Å². The van der Waals surface area contributed by atoms with Gasteiger partial charge < -0.3 is 5.73 Å². The zero-order valence-corrected chi connectivity index (χ0v) is 16.9. The lowest BCUT2D eigenvalue weighted by Crippen LogP contribution is -2.15. The summed E-state index contributed by atoms with van der Waals surface area (Å²) in [5.41, 5.74) is 8.64. The third-order valence-electron chi connectivity index (χ3n) is 3.14. The van der Waals surface area contributed by atoms with Gasteiger partial charge in [0.05, 0.1) is 19.6 Å². The number of thiophene rings is 1. The van der Waals surface area contributed by atoms with E-state index in [4.69, 9.17) is 5.73 Å². The van der Waals surface area contributed by atoms with Gasteiger partial charge in [-0.05, 0) is 67.2 Å². The average molecular weight is 486 g/mol. The third-order valence-corrected chi connectivity index (χ3v) is 7.44. The number of nitrogens with two attached hydrogens (primary N) is 1. The zero-order chi connectivity index (χ0) is 14.9. The van der Waals surface area contributed by atoms with Crippen LogP contribution in [-0.2, 0) is 19.4 Å². The Kier molecular flexibility index (Phi) is 5.88. The van der Waals surface area contributed by atoms with Gasteiger partial charge in [0.15, 0.2) is 0 Å². The Balaban J connectivity index is 2.27. The van der Waals surface area contributed by atoms with Crippen molar-refractivity contribution in [1.82, 2.24) is 9.78 Å². The highest BCUT2D eigenvalue weighted by Gasteiger charge is 2.19. The van der Waals surface area contributed by atoms with E-state index < -0.39 is 0 Å². The molecule has 0 fully saturated rings. The molecule has 7 heteroatoms. The molecule has 20 heavy (non-hydrogen) atoms. The highest BCUT2D eigenvalue weighted by molar-refractivity contribution is 9.13. The fourth-order valence-corrected chi connectivity index (χ4v) is 4.88. The molecular weight excluding hydrogens is 470 g/mol. The molecule has 0 aliphatic heterocycles. The van der Waals surface area contributed by atoms with Crippen LogP contribution in [0.5, 0.6) is 0 Å². The second-order valence-electron chi connectivity index (χ2n) is 4.46. The molecule has 0 aliphatic carbocycles. The molecule has 110 valence electrons. The number of hydrogen-bond donors (Lipinski definition) is 1. The Morgan fingerprint density at radius 1 is 1.35 bits per heavy atom.